The van der Waals surface area contributed by atoms with Crippen molar-refractivity contribution in [2.24, 2.45) is 0 Å². The Bertz CT molecular complexity index is 946. The van der Waals surface area contributed by atoms with E-state index in [0.29, 0.717) is 31.2 Å². The van der Waals surface area contributed by atoms with Gasteiger partial charge in [-0.05, 0) is 42.7 Å². The SMILES string of the molecule is Cc1ccc(NC(=O)N2CC(c3nc(Cc4ccccc4)no3)C2)cc1C. The van der Waals surface area contributed by atoms with Gasteiger partial charge in [0.2, 0.25) is 5.89 Å². The van der Waals surface area contributed by atoms with Crippen LogP contribution in [0.5, 0.6) is 0 Å². The molecule has 1 N–H and O–H groups in total. The molecular formula is C21H22N4O2. The van der Waals surface area contributed by atoms with Crippen LogP contribution in [0.2, 0.25) is 0 Å². The first-order chi connectivity index (χ1) is 13.1. The number of aryl methyl sites for hydroxylation is 2. The second-order valence-corrected chi connectivity index (χ2v) is 7.04. The Labute approximate surface area is 158 Å². The van der Waals surface area contributed by atoms with Crippen LogP contribution < -0.4 is 5.32 Å². The molecule has 2 amide bonds. The zero-order valence-electron chi connectivity index (χ0n) is 15.5. The Hall–Kier alpha value is -3.15. The minimum atomic E-state index is -0.0986. The number of anilines is 1. The normalized spacial score (nSPS) is 14.1. The molecule has 2 aromatic carbocycles. The largest absolute Gasteiger partial charge is 0.339 e. The number of likely N-dealkylation sites (tertiary alicyclic amines) is 1. The molecule has 0 saturated carbocycles. The van der Waals surface area contributed by atoms with Crippen molar-refractivity contribution in [1.29, 1.82) is 0 Å². The van der Waals surface area contributed by atoms with Crippen LogP contribution in [-0.4, -0.2) is 34.2 Å². The van der Waals surface area contributed by atoms with Crippen LogP contribution >= 0.6 is 0 Å². The molecule has 138 valence electrons. The second kappa shape index (κ2) is 7.23. The third kappa shape index (κ3) is 3.84. The monoisotopic (exact) mass is 362 g/mol. The Balaban J connectivity index is 1.31. The molecule has 6 nitrogen and oxygen atoms in total. The van der Waals surface area contributed by atoms with E-state index in [1.165, 1.54) is 5.56 Å². The zero-order chi connectivity index (χ0) is 18.8. The van der Waals surface area contributed by atoms with E-state index < -0.39 is 0 Å². The number of nitrogens with one attached hydrogen (secondary N) is 1. The van der Waals surface area contributed by atoms with E-state index in [-0.39, 0.29) is 11.9 Å². The molecule has 1 fully saturated rings. The summed E-state index contributed by atoms with van der Waals surface area (Å²) in [5.74, 6) is 1.39. The number of urea groups is 1. The summed E-state index contributed by atoms with van der Waals surface area (Å²) >= 11 is 0. The predicted molar refractivity (Wildman–Crippen MR) is 103 cm³/mol. The van der Waals surface area contributed by atoms with Crippen LogP contribution in [0.1, 0.15) is 34.3 Å². The Kier molecular flexibility index (Phi) is 4.62. The lowest BCUT2D eigenvalue weighted by Crippen LogP contribution is -2.50. The van der Waals surface area contributed by atoms with Crippen LogP contribution in [0.3, 0.4) is 0 Å². The fourth-order valence-electron chi connectivity index (χ4n) is 3.11. The van der Waals surface area contributed by atoms with Crippen LogP contribution in [0.4, 0.5) is 10.5 Å². The number of carbonyl (C=O) groups excluding carboxylic acids is 1. The van der Waals surface area contributed by atoms with Crippen molar-refractivity contribution in [3.8, 4) is 0 Å². The lowest BCUT2D eigenvalue weighted by atomic mass is 10.0. The first-order valence-electron chi connectivity index (χ1n) is 9.08. The molecule has 1 saturated heterocycles. The van der Waals surface area contributed by atoms with Crippen molar-refractivity contribution in [3.63, 3.8) is 0 Å². The van der Waals surface area contributed by atoms with E-state index in [1.54, 1.807) is 4.90 Å². The minimum absolute atomic E-state index is 0.0986. The number of aromatic nitrogens is 2. The average molecular weight is 362 g/mol. The molecular weight excluding hydrogens is 340 g/mol. The molecule has 0 atom stereocenters. The number of hydrogen-bond acceptors (Lipinski definition) is 4. The minimum Gasteiger partial charge on any atom is -0.339 e. The third-order valence-corrected chi connectivity index (χ3v) is 4.97. The smallest absolute Gasteiger partial charge is 0.321 e. The number of carbonyl (C=O) groups is 1. The van der Waals surface area contributed by atoms with Crippen molar-refractivity contribution in [1.82, 2.24) is 15.0 Å². The van der Waals surface area contributed by atoms with Crippen LogP contribution in [0.25, 0.3) is 0 Å². The Morgan fingerprint density at radius 2 is 1.93 bits per heavy atom. The molecule has 1 aromatic heterocycles. The summed E-state index contributed by atoms with van der Waals surface area (Å²) in [6.07, 6.45) is 0.647. The average Bonchev–Trinajstić information content (AvgIpc) is 3.06. The lowest BCUT2D eigenvalue weighted by molar-refractivity contribution is 0.147. The highest BCUT2D eigenvalue weighted by Crippen LogP contribution is 2.27. The maximum atomic E-state index is 12.4. The molecule has 0 aliphatic carbocycles. The summed E-state index contributed by atoms with van der Waals surface area (Å²) in [6, 6.07) is 15.9. The number of benzene rings is 2. The quantitative estimate of drug-likeness (QED) is 0.764. The highest BCUT2D eigenvalue weighted by Gasteiger charge is 2.35. The molecule has 1 aliphatic rings. The number of hydrogen-bond donors (Lipinski definition) is 1. The fourth-order valence-corrected chi connectivity index (χ4v) is 3.11. The van der Waals surface area contributed by atoms with Crippen molar-refractivity contribution in [2.75, 3.05) is 18.4 Å². The van der Waals surface area contributed by atoms with Gasteiger partial charge < -0.3 is 14.7 Å². The number of amides is 2. The highest BCUT2D eigenvalue weighted by molar-refractivity contribution is 5.90. The summed E-state index contributed by atoms with van der Waals surface area (Å²) in [5.41, 5.74) is 4.33. The van der Waals surface area contributed by atoms with Crippen molar-refractivity contribution in [3.05, 3.63) is 76.9 Å². The molecule has 0 spiro atoms. The molecule has 0 unspecified atom stereocenters. The van der Waals surface area contributed by atoms with E-state index in [2.05, 4.69) is 22.4 Å². The second-order valence-electron chi connectivity index (χ2n) is 7.04. The first kappa shape index (κ1) is 17.3. The van der Waals surface area contributed by atoms with Crippen molar-refractivity contribution >= 4 is 11.7 Å². The van der Waals surface area contributed by atoms with Crippen molar-refractivity contribution < 1.29 is 9.32 Å². The topological polar surface area (TPSA) is 71.3 Å². The summed E-state index contributed by atoms with van der Waals surface area (Å²) in [7, 11) is 0. The van der Waals surface area contributed by atoms with Gasteiger partial charge in [-0.1, -0.05) is 41.6 Å². The van der Waals surface area contributed by atoms with Gasteiger partial charge in [0.05, 0.1) is 5.92 Å². The predicted octanol–water partition coefficient (Wildman–Crippen LogP) is 3.91. The molecule has 1 aliphatic heterocycles. The molecule has 2 heterocycles. The Morgan fingerprint density at radius 3 is 2.67 bits per heavy atom. The maximum absolute atomic E-state index is 12.4. The van der Waals surface area contributed by atoms with Gasteiger partial charge in [-0.25, -0.2) is 4.79 Å². The van der Waals surface area contributed by atoms with E-state index >= 15 is 0 Å². The van der Waals surface area contributed by atoms with Crippen LogP contribution in [0.15, 0.2) is 53.1 Å². The molecule has 4 rings (SSSR count). The summed E-state index contributed by atoms with van der Waals surface area (Å²) in [5, 5.41) is 7.01. The van der Waals surface area contributed by atoms with E-state index in [4.69, 9.17) is 4.52 Å². The van der Waals surface area contributed by atoms with Gasteiger partial charge in [-0.15, -0.1) is 0 Å². The molecule has 6 heteroatoms. The van der Waals surface area contributed by atoms with Gasteiger partial charge >= 0.3 is 6.03 Å². The van der Waals surface area contributed by atoms with Gasteiger partial charge in [0.25, 0.3) is 0 Å². The number of rotatable bonds is 4. The highest BCUT2D eigenvalue weighted by atomic mass is 16.5. The summed E-state index contributed by atoms with van der Waals surface area (Å²) < 4.78 is 5.40. The van der Waals surface area contributed by atoms with E-state index in [1.807, 2.05) is 55.5 Å². The fraction of sp³-hybridized carbons (Fsp3) is 0.286. The Morgan fingerprint density at radius 1 is 1.15 bits per heavy atom. The van der Waals surface area contributed by atoms with Gasteiger partial charge in [0, 0.05) is 25.2 Å². The third-order valence-electron chi connectivity index (χ3n) is 4.97. The lowest BCUT2D eigenvalue weighted by Gasteiger charge is -2.36. The maximum Gasteiger partial charge on any atom is 0.321 e. The van der Waals surface area contributed by atoms with Crippen molar-refractivity contribution in [2.45, 2.75) is 26.2 Å². The molecule has 3 aromatic rings. The molecule has 0 radical (unpaired) electrons. The number of nitrogens with zero attached hydrogens (tertiary/aromatic N) is 3. The van der Waals surface area contributed by atoms with Gasteiger partial charge in [-0.2, -0.15) is 4.98 Å². The standard InChI is InChI=1S/C21H22N4O2/c1-14-8-9-18(10-15(14)2)22-21(26)25-12-17(13-25)20-23-19(24-27-20)11-16-6-4-3-5-7-16/h3-10,17H,11-13H2,1-2H3,(H,22,26). The summed E-state index contributed by atoms with van der Waals surface area (Å²) in [6.45, 7) is 5.26. The van der Waals surface area contributed by atoms with Crippen LogP contribution in [-0.2, 0) is 6.42 Å². The molecule has 0 bridgehead atoms. The molecule has 27 heavy (non-hydrogen) atoms. The van der Waals surface area contributed by atoms with Crippen LogP contribution in [0, 0.1) is 13.8 Å². The summed E-state index contributed by atoms with van der Waals surface area (Å²) in [4.78, 5) is 18.6. The first-order valence-corrected chi connectivity index (χ1v) is 9.08. The van der Waals surface area contributed by atoms with E-state index in [0.717, 1.165) is 16.8 Å². The zero-order valence-corrected chi connectivity index (χ0v) is 15.5. The van der Waals surface area contributed by atoms with Gasteiger partial charge in [-0.3, -0.25) is 0 Å². The van der Waals surface area contributed by atoms with Gasteiger partial charge in [0.1, 0.15) is 0 Å². The van der Waals surface area contributed by atoms with Gasteiger partial charge in [0.15, 0.2) is 5.82 Å². The van der Waals surface area contributed by atoms with E-state index in [9.17, 15) is 4.79 Å².